The minimum Gasteiger partial charge on any atom is -0.378 e. The highest BCUT2D eigenvalue weighted by atomic mass is 32.2. The second-order valence-corrected chi connectivity index (χ2v) is 8.52. The summed E-state index contributed by atoms with van der Waals surface area (Å²) in [5, 5.41) is 0. The van der Waals surface area contributed by atoms with Gasteiger partial charge in [-0.3, -0.25) is 4.79 Å². The normalized spacial score (nSPS) is 20.6. The summed E-state index contributed by atoms with van der Waals surface area (Å²) in [7, 11) is -4.28. The van der Waals surface area contributed by atoms with Gasteiger partial charge in [0.2, 0.25) is 15.9 Å². The maximum atomic E-state index is 13.2. The molecule has 150 valence electrons. The van der Waals surface area contributed by atoms with Crippen LogP contribution >= 0.6 is 0 Å². The Hall–Kier alpha value is -1.65. The predicted octanol–water partition coefficient (Wildman–Crippen LogP) is 1.96. The van der Waals surface area contributed by atoms with Crippen molar-refractivity contribution in [2.24, 2.45) is 5.92 Å². The molecule has 0 aliphatic carbocycles. The fourth-order valence-corrected chi connectivity index (χ4v) is 5.13. The summed E-state index contributed by atoms with van der Waals surface area (Å²) in [5.41, 5.74) is -1.17. The third kappa shape index (κ3) is 4.27. The van der Waals surface area contributed by atoms with Gasteiger partial charge in [0.1, 0.15) is 0 Å². The summed E-state index contributed by atoms with van der Waals surface area (Å²) in [4.78, 5) is 13.5. The number of alkyl halides is 3. The van der Waals surface area contributed by atoms with Gasteiger partial charge in [0.05, 0.1) is 23.7 Å². The molecular formula is C17H21F3N2O4S. The maximum Gasteiger partial charge on any atom is 0.417 e. The predicted molar refractivity (Wildman–Crippen MR) is 90.3 cm³/mol. The highest BCUT2D eigenvalue weighted by Gasteiger charge is 2.40. The molecule has 1 amide bonds. The van der Waals surface area contributed by atoms with Gasteiger partial charge in [-0.2, -0.15) is 17.5 Å². The second-order valence-electron chi connectivity index (χ2n) is 6.61. The Morgan fingerprint density at radius 3 is 2.22 bits per heavy atom. The number of morpholine rings is 1. The van der Waals surface area contributed by atoms with Crippen LogP contribution in [0.2, 0.25) is 0 Å². The SMILES string of the molecule is O=C(C1CCN(S(=O)(=O)c2ccccc2C(F)(F)F)CC1)N1CCOCC1. The number of ether oxygens (including phenoxy) is 1. The third-order valence-corrected chi connectivity index (χ3v) is 6.89. The lowest BCUT2D eigenvalue weighted by Crippen LogP contribution is -2.47. The number of sulfonamides is 1. The fraction of sp³-hybridized carbons (Fsp3) is 0.588. The highest BCUT2D eigenvalue weighted by Crippen LogP contribution is 2.36. The molecule has 1 aromatic carbocycles. The molecule has 0 saturated carbocycles. The molecule has 0 radical (unpaired) electrons. The zero-order chi connectivity index (χ0) is 19.7. The lowest BCUT2D eigenvalue weighted by Gasteiger charge is -2.35. The molecule has 27 heavy (non-hydrogen) atoms. The van der Waals surface area contributed by atoms with Gasteiger partial charge < -0.3 is 9.64 Å². The van der Waals surface area contributed by atoms with E-state index in [1.807, 2.05) is 0 Å². The number of benzene rings is 1. The first-order valence-corrected chi connectivity index (χ1v) is 10.2. The lowest BCUT2D eigenvalue weighted by atomic mass is 9.96. The van der Waals surface area contributed by atoms with Crippen molar-refractivity contribution in [1.82, 2.24) is 9.21 Å². The molecule has 0 N–H and O–H groups in total. The molecule has 2 saturated heterocycles. The number of rotatable bonds is 3. The van der Waals surface area contributed by atoms with Gasteiger partial charge in [-0.05, 0) is 25.0 Å². The molecule has 6 nitrogen and oxygen atoms in total. The van der Waals surface area contributed by atoms with E-state index in [4.69, 9.17) is 4.74 Å². The molecule has 2 heterocycles. The number of hydrogen-bond donors (Lipinski definition) is 0. The van der Waals surface area contributed by atoms with Crippen molar-refractivity contribution in [1.29, 1.82) is 0 Å². The van der Waals surface area contributed by atoms with Gasteiger partial charge in [-0.1, -0.05) is 12.1 Å². The highest BCUT2D eigenvalue weighted by molar-refractivity contribution is 7.89. The number of piperidine rings is 1. The molecule has 10 heteroatoms. The van der Waals surface area contributed by atoms with E-state index in [0.717, 1.165) is 22.5 Å². The number of carbonyl (C=O) groups excluding carboxylic acids is 1. The third-order valence-electron chi connectivity index (χ3n) is 4.94. The monoisotopic (exact) mass is 406 g/mol. The number of nitrogens with zero attached hydrogens (tertiary/aromatic N) is 2. The topological polar surface area (TPSA) is 66.9 Å². The van der Waals surface area contributed by atoms with E-state index >= 15 is 0 Å². The van der Waals surface area contributed by atoms with Gasteiger partial charge in [-0.25, -0.2) is 8.42 Å². The summed E-state index contributed by atoms with van der Waals surface area (Å²) in [5.74, 6) is -0.349. The Bertz CT molecular complexity index is 784. The van der Waals surface area contributed by atoms with E-state index in [-0.39, 0.29) is 24.9 Å². The minimum absolute atomic E-state index is 0.0231. The quantitative estimate of drug-likeness (QED) is 0.770. The number of amides is 1. The average Bonchev–Trinajstić information content (AvgIpc) is 2.67. The molecule has 0 unspecified atom stereocenters. The Morgan fingerprint density at radius 1 is 1.04 bits per heavy atom. The van der Waals surface area contributed by atoms with Crippen molar-refractivity contribution in [3.63, 3.8) is 0 Å². The maximum absolute atomic E-state index is 13.2. The first kappa shape index (κ1) is 20.1. The molecule has 2 aliphatic rings. The molecule has 1 aromatic rings. The molecule has 2 fully saturated rings. The molecule has 0 atom stereocenters. The summed E-state index contributed by atoms with van der Waals surface area (Å²) in [6, 6.07) is 4.18. The molecule has 0 bridgehead atoms. The largest absolute Gasteiger partial charge is 0.417 e. The Labute approximate surface area is 155 Å². The summed E-state index contributed by atoms with van der Waals surface area (Å²) in [6.45, 7) is 2.03. The zero-order valence-corrected chi connectivity index (χ0v) is 15.4. The molecule has 0 aromatic heterocycles. The van der Waals surface area contributed by atoms with Crippen molar-refractivity contribution in [2.45, 2.75) is 23.9 Å². The fourth-order valence-electron chi connectivity index (χ4n) is 3.45. The van der Waals surface area contributed by atoms with Crippen LogP contribution in [-0.4, -0.2) is 62.9 Å². The Kier molecular flexibility index (Phi) is 5.78. The summed E-state index contributed by atoms with van der Waals surface area (Å²) < 4.78 is 71.3. The van der Waals surface area contributed by atoms with Crippen LogP contribution < -0.4 is 0 Å². The van der Waals surface area contributed by atoms with E-state index in [1.165, 1.54) is 6.07 Å². The average molecular weight is 406 g/mol. The number of carbonyl (C=O) groups is 1. The van der Waals surface area contributed by atoms with Crippen LogP contribution in [0.15, 0.2) is 29.2 Å². The van der Waals surface area contributed by atoms with Crippen LogP contribution in [0.4, 0.5) is 13.2 Å². The summed E-state index contributed by atoms with van der Waals surface area (Å²) in [6.07, 6.45) is -4.17. The first-order valence-electron chi connectivity index (χ1n) is 8.74. The van der Waals surface area contributed by atoms with Gasteiger partial charge in [0, 0.05) is 32.1 Å². The van der Waals surface area contributed by atoms with Gasteiger partial charge in [0.15, 0.2) is 0 Å². The van der Waals surface area contributed by atoms with E-state index in [1.54, 1.807) is 4.90 Å². The van der Waals surface area contributed by atoms with E-state index in [9.17, 15) is 26.4 Å². The van der Waals surface area contributed by atoms with Crippen molar-refractivity contribution < 1.29 is 31.1 Å². The van der Waals surface area contributed by atoms with Gasteiger partial charge in [-0.15, -0.1) is 0 Å². The van der Waals surface area contributed by atoms with Crippen LogP contribution in [0, 0.1) is 5.92 Å². The van der Waals surface area contributed by atoms with Gasteiger partial charge >= 0.3 is 6.18 Å². The summed E-state index contributed by atoms with van der Waals surface area (Å²) >= 11 is 0. The first-order chi connectivity index (χ1) is 12.7. The van der Waals surface area contributed by atoms with Crippen LogP contribution in [-0.2, 0) is 25.7 Å². The zero-order valence-electron chi connectivity index (χ0n) is 14.6. The Morgan fingerprint density at radius 2 is 1.63 bits per heavy atom. The molecule has 0 spiro atoms. The van der Waals surface area contributed by atoms with Crippen molar-refractivity contribution in [2.75, 3.05) is 39.4 Å². The lowest BCUT2D eigenvalue weighted by molar-refractivity contribution is -0.141. The minimum atomic E-state index is -4.76. The van der Waals surface area contributed by atoms with Crippen LogP contribution in [0.5, 0.6) is 0 Å². The molecular weight excluding hydrogens is 385 g/mol. The van der Waals surface area contributed by atoms with E-state index in [2.05, 4.69) is 0 Å². The molecule has 3 rings (SSSR count). The Balaban J connectivity index is 1.71. The van der Waals surface area contributed by atoms with Crippen LogP contribution in [0.25, 0.3) is 0 Å². The second kappa shape index (κ2) is 7.76. The number of hydrogen-bond acceptors (Lipinski definition) is 4. The van der Waals surface area contributed by atoms with Crippen molar-refractivity contribution in [3.05, 3.63) is 29.8 Å². The van der Waals surface area contributed by atoms with Crippen molar-refractivity contribution in [3.8, 4) is 0 Å². The molecule has 2 aliphatic heterocycles. The smallest absolute Gasteiger partial charge is 0.378 e. The van der Waals surface area contributed by atoms with Crippen LogP contribution in [0.1, 0.15) is 18.4 Å². The number of halogens is 3. The van der Waals surface area contributed by atoms with Crippen LogP contribution in [0.3, 0.4) is 0 Å². The van der Waals surface area contributed by atoms with E-state index in [0.29, 0.717) is 39.1 Å². The van der Waals surface area contributed by atoms with E-state index < -0.39 is 26.7 Å². The van der Waals surface area contributed by atoms with Crippen molar-refractivity contribution >= 4 is 15.9 Å². The standard InChI is InChI=1S/C17H21F3N2O4S/c18-17(19,20)14-3-1-2-4-15(14)27(24,25)22-7-5-13(6-8-22)16(23)21-9-11-26-12-10-21/h1-4,13H,5-12H2. The van der Waals surface area contributed by atoms with Gasteiger partial charge in [0.25, 0.3) is 0 Å².